The van der Waals surface area contributed by atoms with Crippen LogP contribution in [0.15, 0.2) is 25.1 Å². The van der Waals surface area contributed by atoms with Gasteiger partial charge in [-0.2, -0.15) is 0 Å². The van der Waals surface area contributed by atoms with Gasteiger partial charge in [-0.15, -0.1) is 0 Å². The number of hydrogen-bond acceptors (Lipinski definition) is 7. The van der Waals surface area contributed by atoms with Gasteiger partial charge < -0.3 is 19.6 Å². The molecule has 172 valence electrons. The number of unbranched alkanes of at least 4 members (excludes halogenated alkanes) is 1. The number of anilines is 2. The maximum atomic E-state index is 13.7. The van der Waals surface area contributed by atoms with E-state index in [-0.39, 0.29) is 52.9 Å². The number of carbonyl (C=O) groups excluding carboxylic acids is 1. The monoisotopic (exact) mass is 444 g/mol. The fourth-order valence-electron chi connectivity index (χ4n) is 3.60. The summed E-state index contributed by atoms with van der Waals surface area (Å²) >= 11 is 0. The molecule has 3 aromatic rings. The number of aromatic nitrogens is 4. The van der Waals surface area contributed by atoms with Crippen LogP contribution in [0, 0.1) is 12.8 Å². The van der Waals surface area contributed by atoms with Crippen molar-refractivity contribution in [1.82, 2.24) is 19.1 Å². The fourth-order valence-corrected chi connectivity index (χ4v) is 3.60. The molecule has 3 N–H and O–H groups in total. The molecule has 0 fully saturated rings. The van der Waals surface area contributed by atoms with E-state index in [2.05, 4.69) is 9.97 Å². The molecular formula is C21H28N6O5. The molecule has 0 aliphatic rings. The second-order valence-electron chi connectivity index (χ2n) is 8.18. The first kappa shape index (κ1) is 23.0. The third-order valence-corrected chi connectivity index (χ3v) is 5.17. The van der Waals surface area contributed by atoms with E-state index in [1.807, 2.05) is 20.8 Å². The minimum absolute atomic E-state index is 0.0187. The molecule has 0 atom stereocenters. The third kappa shape index (κ3) is 3.97. The lowest BCUT2D eigenvalue weighted by molar-refractivity contribution is 0.0986. The van der Waals surface area contributed by atoms with Crippen molar-refractivity contribution in [1.29, 1.82) is 0 Å². The van der Waals surface area contributed by atoms with Crippen LogP contribution in [0.1, 0.15) is 49.7 Å². The summed E-state index contributed by atoms with van der Waals surface area (Å²) in [5.41, 5.74) is 4.32. The Bertz CT molecular complexity index is 1340. The van der Waals surface area contributed by atoms with E-state index >= 15 is 0 Å². The van der Waals surface area contributed by atoms with Crippen LogP contribution < -0.4 is 27.4 Å². The maximum absolute atomic E-state index is 13.7. The standard InChI is InChI=1S/C21H28N6O5/c1-6-7-8-26(15-16(22)27(9-11(2)3)21(31)24-17(15)28)20(30)13-12(4)32-18-14(13)19(29)25(5)10-23-18/h10-11H,6-9,22H2,1-5H3,(H,24,28,31). The maximum Gasteiger partial charge on any atom is 0.330 e. The van der Waals surface area contributed by atoms with Crippen molar-refractivity contribution in [3.05, 3.63) is 48.8 Å². The molecule has 0 unspecified atom stereocenters. The third-order valence-electron chi connectivity index (χ3n) is 5.17. The summed E-state index contributed by atoms with van der Waals surface area (Å²) in [6.07, 6.45) is 2.61. The van der Waals surface area contributed by atoms with E-state index in [9.17, 15) is 19.2 Å². The lowest BCUT2D eigenvalue weighted by Crippen LogP contribution is -2.42. The number of fused-ring (bicyclic) bond motifs is 1. The number of nitrogens with zero attached hydrogens (tertiary/aromatic N) is 4. The molecule has 3 heterocycles. The molecule has 0 aliphatic carbocycles. The van der Waals surface area contributed by atoms with Crippen LogP contribution >= 0.6 is 0 Å². The van der Waals surface area contributed by atoms with Crippen LogP contribution in [0.25, 0.3) is 11.1 Å². The smallest absolute Gasteiger partial charge is 0.330 e. The summed E-state index contributed by atoms with van der Waals surface area (Å²) in [5.74, 6) is -0.448. The van der Waals surface area contributed by atoms with Crippen molar-refractivity contribution in [2.24, 2.45) is 13.0 Å². The van der Waals surface area contributed by atoms with E-state index in [0.29, 0.717) is 6.42 Å². The van der Waals surface area contributed by atoms with Gasteiger partial charge in [-0.1, -0.05) is 27.2 Å². The molecule has 0 saturated carbocycles. The topological polar surface area (TPSA) is 149 Å². The molecule has 0 bridgehead atoms. The minimum atomic E-state index is -0.770. The highest BCUT2D eigenvalue weighted by molar-refractivity contribution is 6.14. The van der Waals surface area contributed by atoms with Crippen molar-refractivity contribution in [3.63, 3.8) is 0 Å². The minimum Gasteiger partial charge on any atom is -0.442 e. The molecule has 0 spiro atoms. The number of aromatic amines is 1. The lowest BCUT2D eigenvalue weighted by atomic mass is 10.1. The molecule has 0 saturated heterocycles. The highest BCUT2D eigenvalue weighted by atomic mass is 16.3. The van der Waals surface area contributed by atoms with Crippen LogP contribution in [0.2, 0.25) is 0 Å². The second-order valence-corrected chi connectivity index (χ2v) is 8.18. The van der Waals surface area contributed by atoms with Crippen molar-refractivity contribution < 1.29 is 9.21 Å². The van der Waals surface area contributed by atoms with Gasteiger partial charge in [-0.05, 0) is 19.3 Å². The van der Waals surface area contributed by atoms with Crippen LogP contribution in [-0.4, -0.2) is 31.6 Å². The SMILES string of the molecule is CCCCN(C(=O)c1c(C)oc2ncn(C)c(=O)c12)c1c(N)n(CC(C)C)c(=O)[nH]c1=O. The summed E-state index contributed by atoms with van der Waals surface area (Å²) in [4.78, 5) is 59.2. The molecule has 11 heteroatoms. The summed E-state index contributed by atoms with van der Waals surface area (Å²) in [5, 5.41) is 0.0319. The number of nitrogen functional groups attached to an aromatic ring is 1. The largest absolute Gasteiger partial charge is 0.442 e. The number of H-pyrrole nitrogens is 1. The Morgan fingerprint density at radius 1 is 1.31 bits per heavy atom. The number of rotatable bonds is 7. The number of nitrogens with one attached hydrogen (secondary N) is 1. The summed E-state index contributed by atoms with van der Waals surface area (Å²) < 4.78 is 8.05. The Balaban J connectivity index is 2.27. The lowest BCUT2D eigenvalue weighted by Gasteiger charge is -2.24. The Kier molecular flexibility index (Phi) is 6.37. The first-order chi connectivity index (χ1) is 15.1. The van der Waals surface area contributed by atoms with Crippen LogP contribution in [-0.2, 0) is 13.6 Å². The van der Waals surface area contributed by atoms with Crippen molar-refractivity contribution in [2.75, 3.05) is 17.2 Å². The first-order valence-corrected chi connectivity index (χ1v) is 10.5. The Morgan fingerprint density at radius 3 is 2.62 bits per heavy atom. The second kappa shape index (κ2) is 8.85. The molecular weight excluding hydrogens is 416 g/mol. The van der Waals surface area contributed by atoms with Gasteiger partial charge in [-0.25, -0.2) is 9.78 Å². The first-order valence-electron chi connectivity index (χ1n) is 10.5. The number of aryl methyl sites for hydroxylation is 2. The number of nitrogens with two attached hydrogens (primary N) is 1. The molecule has 1 amide bonds. The zero-order chi connectivity index (χ0) is 23.7. The molecule has 0 radical (unpaired) electrons. The Labute approximate surface area is 183 Å². The fraction of sp³-hybridized carbons (Fsp3) is 0.476. The number of amides is 1. The Morgan fingerprint density at radius 2 is 2.00 bits per heavy atom. The summed E-state index contributed by atoms with van der Waals surface area (Å²) in [6, 6.07) is 0. The van der Waals surface area contributed by atoms with Crippen LogP contribution in [0.3, 0.4) is 0 Å². The quantitative estimate of drug-likeness (QED) is 0.559. The van der Waals surface area contributed by atoms with Crippen LogP contribution in [0.5, 0.6) is 0 Å². The Hall–Kier alpha value is -3.63. The summed E-state index contributed by atoms with van der Waals surface area (Å²) in [7, 11) is 1.52. The molecule has 0 aliphatic heterocycles. The highest BCUT2D eigenvalue weighted by Gasteiger charge is 2.30. The highest BCUT2D eigenvalue weighted by Crippen LogP contribution is 2.26. The van der Waals surface area contributed by atoms with E-state index in [1.54, 1.807) is 6.92 Å². The molecule has 0 aromatic carbocycles. The van der Waals surface area contributed by atoms with Gasteiger partial charge in [0.2, 0.25) is 5.71 Å². The molecule has 3 rings (SSSR count). The average Bonchev–Trinajstić information content (AvgIpc) is 3.06. The number of hydrogen-bond donors (Lipinski definition) is 2. The van der Waals surface area contributed by atoms with Gasteiger partial charge in [0.25, 0.3) is 17.0 Å². The molecule has 3 aromatic heterocycles. The van der Waals surface area contributed by atoms with Crippen LogP contribution in [0.4, 0.5) is 11.5 Å². The van der Waals surface area contributed by atoms with Gasteiger partial charge >= 0.3 is 5.69 Å². The van der Waals surface area contributed by atoms with Gasteiger partial charge in [0.1, 0.15) is 23.3 Å². The molecule has 32 heavy (non-hydrogen) atoms. The van der Waals surface area contributed by atoms with Gasteiger partial charge in [0, 0.05) is 20.1 Å². The zero-order valence-electron chi connectivity index (χ0n) is 18.9. The van der Waals surface area contributed by atoms with Crippen molar-refractivity contribution in [2.45, 2.75) is 47.1 Å². The van der Waals surface area contributed by atoms with Gasteiger partial charge in [0.15, 0.2) is 5.69 Å². The van der Waals surface area contributed by atoms with E-state index in [0.717, 1.165) is 6.42 Å². The summed E-state index contributed by atoms with van der Waals surface area (Å²) in [6.45, 7) is 7.73. The predicted molar refractivity (Wildman–Crippen MR) is 121 cm³/mol. The number of furan rings is 1. The van der Waals surface area contributed by atoms with E-state index < -0.39 is 22.7 Å². The average molecular weight is 444 g/mol. The van der Waals surface area contributed by atoms with E-state index in [1.165, 1.54) is 27.4 Å². The van der Waals surface area contributed by atoms with Gasteiger partial charge in [0.05, 0.1) is 5.56 Å². The van der Waals surface area contributed by atoms with Gasteiger partial charge in [-0.3, -0.25) is 23.9 Å². The van der Waals surface area contributed by atoms with E-state index in [4.69, 9.17) is 10.2 Å². The van der Waals surface area contributed by atoms with Crippen molar-refractivity contribution in [3.8, 4) is 0 Å². The number of carbonyl (C=O) groups is 1. The van der Waals surface area contributed by atoms with Crippen molar-refractivity contribution >= 4 is 28.5 Å². The molecule has 11 nitrogen and oxygen atoms in total. The zero-order valence-corrected chi connectivity index (χ0v) is 18.9. The normalized spacial score (nSPS) is 11.4. The predicted octanol–water partition coefficient (Wildman–Crippen LogP) is 1.37.